The zero-order valence-corrected chi connectivity index (χ0v) is 20.1. The van der Waals surface area contributed by atoms with Gasteiger partial charge in [0.1, 0.15) is 11.5 Å². The van der Waals surface area contributed by atoms with Crippen LogP contribution in [0.15, 0.2) is 42.5 Å². The van der Waals surface area contributed by atoms with E-state index >= 15 is 0 Å². The second kappa shape index (κ2) is 10.2. The van der Waals surface area contributed by atoms with Crippen molar-refractivity contribution in [3.8, 4) is 11.5 Å². The number of esters is 1. The van der Waals surface area contributed by atoms with Crippen molar-refractivity contribution in [1.29, 1.82) is 0 Å². The summed E-state index contributed by atoms with van der Waals surface area (Å²) in [6.45, 7) is 4.52. The van der Waals surface area contributed by atoms with Crippen LogP contribution in [-0.4, -0.2) is 48.8 Å². The van der Waals surface area contributed by atoms with Gasteiger partial charge in [0.2, 0.25) is 11.9 Å². The van der Waals surface area contributed by atoms with Crippen LogP contribution >= 0.6 is 0 Å². The molecule has 34 heavy (non-hydrogen) atoms. The summed E-state index contributed by atoms with van der Waals surface area (Å²) in [5.74, 6) is -0.263. The van der Waals surface area contributed by atoms with E-state index in [0.717, 1.165) is 30.3 Å². The minimum Gasteiger partial charge on any atom is -0.497 e. The number of carbonyl (C=O) groups excluding carboxylic acids is 2. The fraction of sp³-hybridized carbons (Fsp3) is 0.423. The van der Waals surface area contributed by atoms with Crippen LogP contribution in [0, 0.1) is 5.92 Å². The number of benzene rings is 2. The van der Waals surface area contributed by atoms with E-state index in [1.54, 1.807) is 38.2 Å². The molecule has 4 rings (SSSR count). The molecule has 0 spiro atoms. The second-order valence-electron chi connectivity index (χ2n) is 8.25. The quantitative estimate of drug-likeness (QED) is 0.265. The number of anilines is 1. The molecule has 8 heteroatoms. The van der Waals surface area contributed by atoms with Gasteiger partial charge in [0.15, 0.2) is 5.92 Å². The Bertz CT molecular complexity index is 1190. The summed E-state index contributed by atoms with van der Waals surface area (Å²) in [7, 11) is 3.14. The van der Waals surface area contributed by atoms with Gasteiger partial charge < -0.3 is 18.8 Å². The molecule has 2 heterocycles. The Morgan fingerprint density at radius 1 is 1.06 bits per heavy atom. The van der Waals surface area contributed by atoms with Gasteiger partial charge in [-0.1, -0.05) is 31.9 Å². The molecule has 0 fully saturated rings. The fourth-order valence-electron chi connectivity index (χ4n) is 4.62. The summed E-state index contributed by atoms with van der Waals surface area (Å²) in [5.41, 5.74) is 2.28. The van der Waals surface area contributed by atoms with Crippen LogP contribution in [0.4, 0.5) is 5.95 Å². The lowest BCUT2D eigenvalue weighted by Gasteiger charge is -2.38. The Hall–Kier alpha value is -3.55. The fourth-order valence-corrected chi connectivity index (χ4v) is 4.62. The third-order valence-corrected chi connectivity index (χ3v) is 6.23. The first-order valence-corrected chi connectivity index (χ1v) is 11.7. The summed E-state index contributed by atoms with van der Waals surface area (Å²) < 4.78 is 18.4. The van der Waals surface area contributed by atoms with Crippen LogP contribution in [0.3, 0.4) is 0 Å². The molecule has 1 aromatic heterocycles. The topological polar surface area (TPSA) is 82.9 Å². The third kappa shape index (κ3) is 4.08. The van der Waals surface area contributed by atoms with E-state index < -0.39 is 17.9 Å². The Morgan fingerprint density at radius 2 is 1.85 bits per heavy atom. The molecule has 0 aliphatic carbocycles. The number of methoxy groups -OCH3 is 2. The Morgan fingerprint density at radius 3 is 2.56 bits per heavy atom. The molecule has 1 aliphatic rings. The molecule has 2 unspecified atom stereocenters. The highest BCUT2D eigenvalue weighted by Gasteiger charge is 2.48. The number of imidazole rings is 1. The van der Waals surface area contributed by atoms with Crippen molar-refractivity contribution in [3.63, 3.8) is 0 Å². The Labute approximate surface area is 199 Å². The number of aromatic nitrogens is 2. The van der Waals surface area contributed by atoms with Crippen LogP contribution < -0.4 is 14.4 Å². The van der Waals surface area contributed by atoms with Crippen molar-refractivity contribution in [2.75, 3.05) is 32.3 Å². The minimum absolute atomic E-state index is 0.183. The predicted octanol–water partition coefficient (Wildman–Crippen LogP) is 4.36. The maximum Gasteiger partial charge on any atom is 0.321 e. The van der Waals surface area contributed by atoms with Gasteiger partial charge in [-0.15, -0.1) is 0 Å². The first-order chi connectivity index (χ1) is 16.5. The van der Waals surface area contributed by atoms with Gasteiger partial charge >= 0.3 is 5.97 Å². The number of fused-ring (bicyclic) bond motifs is 3. The smallest absolute Gasteiger partial charge is 0.321 e. The third-order valence-electron chi connectivity index (χ3n) is 6.23. The number of amides is 1. The van der Waals surface area contributed by atoms with Crippen molar-refractivity contribution in [3.05, 3.63) is 48.0 Å². The molecule has 3 aromatic rings. The van der Waals surface area contributed by atoms with E-state index in [1.165, 1.54) is 0 Å². The number of nitrogens with zero attached hydrogens (tertiary/aromatic N) is 3. The second-order valence-corrected chi connectivity index (χ2v) is 8.25. The molecule has 1 aliphatic heterocycles. The Balaban J connectivity index is 1.98. The molecule has 0 bridgehead atoms. The number of hydrogen-bond acceptors (Lipinski definition) is 6. The highest BCUT2D eigenvalue weighted by Crippen LogP contribution is 2.44. The number of ether oxygens (including phenoxy) is 3. The average Bonchev–Trinajstić information content (AvgIpc) is 3.24. The van der Waals surface area contributed by atoms with Gasteiger partial charge in [0.05, 0.1) is 37.9 Å². The first-order valence-electron chi connectivity index (χ1n) is 11.7. The van der Waals surface area contributed by atoms with Crippen LogP contribution in [0.2, 0.25) is 0 Å². The van der Waals surface area contributed by atoms with Gasteiger partial charge in [0.25, 0.3) is 0 Å². The summed E-state index contributed by atoms with van der Waals surface area (Å²) in [6.07, 6.45) is 2.81. The SMILES string of the molecule is CCCCCN1C(=O)C(C(=O)OCC)C(c2ccc(OC)cc2OC)n2c1nc1ccccc12. The van der Waals surface area contributed by atoms with Crippen molar-refractivity contribution in [2.45, 2.75) is 39.2 Å². The summed E-state index contributed by atoms with van der Waals surface area (Å²) in [4.78, 5) is 33.6. The van der Waals surface area contributed by atoms with Gasteiger partial charge in [-0.05, 0) is 37.6 Å². The highest BCUT2D eigenvalue weighted by atomic mass is 16.5. The first kappa shape index (κ1) is 23.6. The van der Waals surface area contributed by atoms with Crippen LogP contribution in [0.25, 0.3) is 11.0 Å². The van der Waals surface area contributed by atoms with Crippen molar-refractivity contribution in [1.82, 2.24) is 9.55 Å². The molecular weight excluding hydrogens is 434 g/mol. The number of hydrogen-bond donors (Lipinski definition) is 0. The molecule has 2 atom stereocenters. The summed E-state index contributed by atoms with van der Waals surface area (Å²) in [6, 6.07) is 12.4. The molecule has 0 saturated carbocycles. The number of unbranched alkanes of at least 4 members (excludes halogenated alkanes) is 2. The van der Waals surface area contributed by atoms with Crippen LogP contribution in [-0.2, 0) is 14.3 Å². The lowest BCUT2D eigenvalue weighted by Crippen LogP contribution is -2.50. The molecule has 180 valence electrons. The largest absolute Gasteiger partial charge is 0.497 e. The highest BCUT2D eigenvalue weighted by molar-refractivity contribution is 6.08. The number of rotatable bonds is 9. The van der Waals surface area contributed by atoms with Gasteiger partial charge in [0, 0.05) is 18.2 Å². The van der Waals surface area contributed by atoms with E-state index in [4.69, 9.17) is 19.2 Å². The molecule has 1 amide bonds. The molecular formula is C26H31N3O5. The van der Waals surface area contributed by atoms with E-state index in [9.17, 15) is 9.59 Å². The van der Waals surface area contributed by atoms with E-state index in [1.807, 2.05) is 34.9 Å². The zero-order chi connectivity index (χ0) is 24.2. The van der Waals surface area contributed by atoms with Crippen LogP contribution in [0.5, 0.6) is 11.5 Å². The summed E-state index contributed by atoms with van der Waals surface area (Å²) >= 11 is 0. The van der Waals surface area contributed by atoms with E-state index in [-0.39, 0.29) is 12.5 Å². The number of carbonyl (C=O) groups is 2. The zero-order valence-electron chi connectivity index (χ0n) is 20.1. The normalized spacial score (nSPS) is 17.5. The molecule has 0 radical (unpaired) electrons. The lowest BCUT2D eigenvalue weighted by molar-refractivity contribution is -0.153. The lowest BCUT2D eigenvalue weighted by atomic mass is 9.88. The van der Waals surface area contributed by atoms with Gasteiger partial charge in [-0.25, -0.2) is 4.98 Å². The van der Waals surface area contributed by atoms with Gasteiger partial charge in [-0.3, -0.25) is 14.5 Å². The van der Waals surface area contributed by atoms with Crippen molar-refractivity contribution < 1.29 is 23.8 Å². The summed E-state index contributed by atoms with van der Waals surface area (Å²) in [5, 5.41) is 0. The van der Waals surface area contributed by atoms with Gasteiger partial charge in [-0.2, -0.15) is 0 Å². The minimum atomic E-state index is -1.08. The maximum absolute atomic E-state index is 13.9. The molecule has 2 aromatic carbocycles. The molecule has 0 saturated heterocycles. The maximum atomic E-state index is 13.9. The standard InChI is InChI=1S/C26H31N3O5/c1-5-7-10-15-28-24(30)22(25(31)34-6-2)23(18-14-13-17(32-3)16-21(18)33-4)29-20-12-9-8-11-19(20)27-26(28)29/h8-9,11-14,16,22-23H,5-7,10,15H2,1-4H3. The van der Waals surface area contributed by atoms with Crippen molar-refractivity contribution in [2.24, 2.45) is 5.92 Å². The Kier molecular flexibility index (Phi) is 7.05. The monoisotopic (exact) mass is 465 g/mol. The number of para-hydroxylation sites is 2. The average molecular weight is 466 g/mol. The van der Waals surface area contributed by atoms with E-state index in [2.05, 4.69) is 6.92 Å². The molecule has 8 nitrogen and oxygen atoms in total. The van der Waals surface area contributed by atoms with E-state index in [0.29, 0.717) is 29.6 Å². The van der Waals surface area contributed by atoms with Crippen molar-refractivity contribution >= 4 is 28.9 Å². The van der Waals surface area contributed by atoms with Crippen LogP contribution in [0.1, 0.15) is 44.7 Å². The molecule has 0 N–H and O–H groups in total. The predicted molar refractivity (Wildman–Crippen MR) is 129 cm³/mol.